The fourth-order valence-corrected chi connectivity index (χ4v) is 16.7. The zero-order chi connectivity index (χ0) is 41.2. The van der Waals surface area contributed by atoms with Gasteiger partial charge in [0.2, 0.25) is 0 Å². The van der Waals surface area contributed by atoms with Crippen LogP contribution in [0.1, 0.15) is 31.4 Å². The van der Waals surface area contributed by atoms with Gasteiger partial charge in [-0.25, -0.2) is 24.2 Å². The lowest BCUT2D eigenvalue weighted by molar-refractivity contribution is -0.263. The summed E-state index contributed by atoms with van der Waals surface area (Å²) in [4.78, 5) is 50.9. The summed E-state index contributed by atoms with van der Waals surface area (Å²) in [7, 11) is 2.87. The van der Waals surface area contributed by atoms with Crippen LogP contribution in [-0.4, -0.2) is 61.1 Å². The van der Waals surface area contributed by atoms with E-state index < -0.39 is 0 Å². The Morgan fingerprint density at radius 3 is 1.51 bits per heavy atom. The predicted molar refractivity (Wildman–Crippen MR) is 260 cm³/mol. The van der Waals surface area contributed by atoms with Crippen LogP contribution in [-0.2, 0) is 64.3 Å². The van der Waals surface area contributed by atoms with Crippen molar-refractivity contribution in [3.05, 3.63) is 118 Å². The summed E-state index contributed by atoms with van der Waals surface area (Å²) < 4.78 is 25.6. The van der Waals surface area contributed by atoms with E-state index >= 15 is 0 Å². The number of benzene rings is 2. The summed E-state index contributed by atoms with van der Waals surface area (Å²) in [6.07, 6.45) is 2.83. The minimum absolute atomic E-state index is 0. The molecule has 2 aromatic carbocycles. The maximum atomic E-state index is 13.2. The molecule has 5 aliphatic rings. The fraction of sp³-hybridized carbons (Fsp3) is 0.279. The zero-order valence-electron chi connectivity index (χ0n) is 32.2. The highest BCUT2D eigenvalue weighted by Crippen LogP contribution is 2.57. The second-order valence-electron chi connectivity index (χ2n) is 13.5. The van der Waals surface area contributed by atoms with Gasteiger partial charge in [0, 0.05) is 39.8 Å². The first-order chi connectivity index (χ1) is 29.4. The van der Waals surface area contributed by atoms with Gasteiger partial charge in [0.1, 0.15) is 21.3 Å². The van der Waals surface area contributed by atoms with Crippen molar-refractivity contribution in [3.8, 4) is 11.4 Å². The first-order valence-electron chi connectivity index (χ1n) is 18.9. The van der Waals surface area contributed by atoms with Crippen LogP contribution in [0, 0.1) is 0 Å². The summed E-state index contributed by atoms with van der Waals surface area (Å²) in [6.45, 7) is 2.69. The summed E-state index contributed by atoms with van der Waals surface area (Å²) in [6, 6.07) is 17.2. The lowest BCUT2D eigenvalue weighted by atomic mass is 9.99. The van der Waals surface area contributed by atoms with Crippen molar-refractivity contribution in [2.75, 3.05) is 34.0 Å². The molecule has 10 nitrogen and oxygen atoms in total. The molecule has 0 aliphatic carbocycles. The van der Waals surface area contributed by atoms with E-state index in [0.29, 0.717) is 40.8 Å². The number of nitrogens with zero attached hydrogens (tertiary/aromatic N) is 2. The molecular weight excluding hydrogens is 929 g/mol. The molecule has 2 aromatic heterocycles. The second-order valence-corrected chi connectivity index (χ2v) is 22.3. The molecule has 0 saturated carbocycles. The van der Waals surface area contributed by atoms with Gasteiger partial charge in [-0.3, -0.25) is 0 Å². The zero-order valence-corrected chi connectivity index (χ0v) is 38.8. The number of rotatable bonds is 14. The summed E-state index contributed by atoms with van der Waals surface area (Å²) in [5.74, 6) is -0.993. The van der Waals surface area contributed by atoms with Crippen molar-refractivity contribution >= 4 is 134 Å². The summed E-state index contributed by atoms with van der Waals surface area (Å²) >= 11 is 12.0. The highest BCUT2D eigenvalue weighted by molar-refractivity contribution is 8.34. The van der Waals surface area contributed by atoms with E-state index in [0.717, 1.165) is 47.8 Å². The third-order valence-corrected chi connectivity index (χ3v) is 20.4. The molecule has 0 bridgehead atoms. The number of aromatic nitrogens is 2. The van der Waals surface area contributed by atoms with Gasteiger partial charge in [0.05, 0.1) is 55.8 Å². The third kappa shape index (κ3) is 9.36. The Morgan fingerprint density at radius 2 is 1.03 bits per heavy atom. The van der Waals surface area contributed by atoms with Crippen molar-refractivity contribution in [2.24, 2.45) is 0 Å². The lowest BCUT2D eigenvalue weighted by Crippen LogP contribution is -2.17. The van der Waals surface area contributed by atoms with Gasteiger partial charge in [-0.2, -0.15) is 0 Å². The van der Waals surface area contributed by atoms with Crippen molar-refractivity contribution in [2.45, 2.75) is 46.2 Å². The van der Waals surface area contributed by atoms with E-state index in [1.807, 2.05) is 10.8 Å². The Hall–Kier alpha value is -2.91. The molecule has 61 heavy (non-hydrogen) atoms. The van der Waals surface area contributed by atoms with Crippen LogP contribution in [0.2, 0.25) is 0 Å². The molecule has 0 unspecified atom stereocenters. The topological polar surface area (TPSA) is 107 Å². The minimum atomic E-state index is -0.360. The SMILES string of the molecule is C.COOCC1=CS/C(=C2\SC=C(C(=O)OCCCc3c4n(c5ccccc35)CCn3c-4c(CCCOC(=O)C4=CS/C(=C5\SC=C(C(=O)OC)S5)S4)c4ccccc43)S2)S1. The predicted octanol–water partition coefficient (Wildman–Crippen LogP) is 12.2. The van der Waals surface area contributed by atoms with E-state index in [1.54, 1.807) is 40.7 Å². The monoisotopic (exact) mass is 968 g/mol. The Balaban J connectivity index is 0.00000514. The van der Waals surface area contributed by atoms with Crippen molar-refractivity contribution < 1.29 is 38.4 Å². The first-order valence-corrected chi connectivity index (χ1v) is 25.6. The number of ether oxygens (including phenoxy) is 3. The molecule has 9 rings (SSSR count). The smallest absolute Gasteiger partial charge is 0.345 e. The molecule has 318 valence electrons. The molecule has 0 N–H and O–H groups in total. The van der Waals surface area contributed by atoms with Gasteiger partial charge < -0.3 is 23.3 Å². The number of hydrogen-bond donors (Lipinski definition) is 0. The highest BCUT2D eigenvalue weighted by atomic mass is 32.2. The fourth-order valence-electron chi connectivity index (χ4n) is 7.39. The Labute approximate surface area is 387 Å². The third-order valence-electron chi connectivity index (χ3n) is 9.92. The van der Waals surface area contributed by atoms with Crippen LogP contribution in [0.4, 0.5) is 0 Å². The number of hydrogen-bond acceptors (Lipinski definition) is 16. The van der Waals surface area contributed by atoms with Gasteiger partial charge >= 0.3 is 17.9 Å². The molecule has 5 aliphatic heterocycles. The minimum Gasteiger partial charge on any atom is -0.465 e. The number of carbonyl (C=O) groups excluding carboxylic acids is 3. The van der Waals surface area contributed by atoms with E-state index in [1.165, 1.54) is 117 Å². The molecule has 7 heterocycles. The number of fused-ring (bicyclic) bond motifs is 7. The second kappa shape index (κ2) is 20.3. The van der Waals surface area contributed by atoms with E-state index in [4.69, 9.17) is 24.0 Å². The number of carbonyl (C=O) groups is 3. The molecule has 0 saturated heterocycles. The number of esters is 3. The summed E-state index contributed by atoms with van der Waals surface area (Å²) in [5.41, 5.74) is 7.34. The van der Waals surface area contributed by atoms with Crippen LogP contribution in [0.3, 0.4) is 0 Å². The maximum absolute atomic E-state index is 13.2. The standard InChI is InChI=1S/C42H36N2O8S8.CH4/c1-48-36(45)31-21-54-41(58-31)42-56-23-33(60-42)38(47)51-18-8-12-28-26-10-4-6-14-30(26)44-16-15-43-29-13-5-3-9-25(29)27(34(43)35(28)44)11-7-17-50-37(46)32-22-55-40(59-32)39-53-20-24(57-39)19-52-49-2;/h3-6,9-10,13-14,20-23H,7-8,11-12,15-19H2,1-2H3;1H4/b40-39-,42-41-;. The molecular formula is C43H40N2O8S8. The molecule has 0 fully saturated rings. The molecule has 18 heteroatoms. The molecule has 0 amide bonds. The van der Waals surface area contributed by atoms with E-state index in [-0.39, 0.29) is 31.9 Å². The quantitative estimate of drug-likeness (QED) is 0.0393. The van der Waals surface area contributed by atoms with Gasteiger partial charge in [0.15, 0.2) is 0 Å². The Bertz CT molecular complexity index is 2620. The van der Waals surface area contributed by atoms with Crippen LogP contribution >= 0.6 is 94.1 Å². The van der Waals surface area contributed by atoms with Crippen LogP contribution in [0.15, 0.2) is 107 Å². The number of thioether (sulfide) groups is 8. The molecule has 0 spiro atoms. The van der Waals surface area contributed by atoms with Crippen LogP contribution in [0.5, 0.6) is 0 Å². The number of methoxy groups -OCH3 is 1. The van der Waals surface area contributed by atoms with Gasteiger partial charge in [-0.1, -0.05) is 138 Å². The summed E-state index contributed by atoms with van der Waals surface area (Å²) in [5, 5.41) is 9.98. The van der Waals surface area contributed by atoms with E-state index in [9.17, 15) is 14.4 Å². The van der Waals surface area contributed by atoms with Crippen molar-refractivity contribution in [1.82, 2.24) is 9.13 Å². The largest absolute Gasteiger partial charge is 0.465 e. The normalized spacial score (nSPS) is 19.3. The van der Waals surface area contributed by atoms with Crippen LogP contribution < -0.4 is 0 Å². The van der Waals surface area contributed by atoms with E-state index in [2.05, 4.69) is 63.1 Å². The Kier molecular flexibility index (Phi) is 14.9. The molecule has 0 atom stereocenters. The molecule has 0 radical (unpaired) electrons. The lowest BCUT2D eigenvalue weighted by Gasteiger charge is -2.23. The van der Waals surface area contributed by atoms with Crippen molar-refractivity contribution in [1.29, 1.82) is 0 Å². The number of para-hydroxylation sites is 2. The molecule has 4 aromatic rings. The number of aryl methyl sites for hydroxylation is 4. The van der Waals surface area contributed by atoms with Gasteiger partial charge in [0.25, 0.3) is 0 Å². The van der Waals surface area contributed by atoms with Crippen LogP contribution in [0.25, 0.3) is 33.2 Å². The van der Waals surface area contributed by atoms with Crippen molar-refractivity contribution in [3.63, 3.8) is 0 Å². The first kappa shape index (κ1) is 44.7. The van der Waals surface area contributed by atoms with Gasteiger partial charge in [-0.15, -0.1) is 0 Å². The average molecular weight is 969 g/mol. The average Bonchev–Trinajstić information content (AvgIpc) is 4.14. The maximum Gasteiger partial charge on any atom is 0.345 e. The Morgan fingerprint density at radius 1 is 0.590 bits per heavy atom. The highest BCUT2D eigenvalue weighted by Gasteiger charge is 2.31. The van der Waals surface area contributed by atoms with Gasteiger partial charge in [-0.05, 0) is 70.6 Å².